The second-order valence-corrected chi connectivity index (χ2v) is 7.59. The number of nitrogens with zero attached hydrogens (tertiary/aromatic N) is 2. The second kappa shape index (κ2) is 11.4. The molecule has 164 valence electrons. The first-order chi connectivity index (χ1) is 13.8. The fraction of sp³-hybridized carbons (Fsp3) is 0.667. The number of likely N-dealkylation sites (N-methyl/N-ethyl adjacent to an activating group) is 1. The Morgan fingerprint density at radius 3 is 2.14 bits per heavy atom. The van der Waals surface area contributed by atoms with Crippen LogP contribution < -0.4 is 10.2 Å². The molecule has 8 heteroatoms. The van der Waals surface area contributed by atoms with Crippen LogP contribution in [0.4, 0.5) is 23.2 Å². The van der Waals surface area contributed by atoms with E-state index in [-0.39, 0.29) is 11.9 Å². The molecule has 0 unspecified atom stereocenters. The molecule has 0 spiro atoms. The Labute approximate surface area is 170 Å². The fourth-order valence-electron chi connectivity index (χ4n) is 3.68. The molecule has 2 aliphatic rings. The molecule has 1 heterocycles. The van der Waals surface area contributed by atoms with Crippen molar-refractivity contribution in [3.05, 3.63) is 30.1 Å². The Bertz CT molecular complexity index is 607. The van der Waals surface area contributed by atoms with Crippen molar-refractivity contribution in [2.24, 2.45) is 0 Å². The summed E-state index contributed by atoms with van der Waals surface area (Å²) in [5.41, 5.74) is 1.13. The van der Waals surface area contributed by atoms with E-state index in [1.807, 2.05) is 12.1 Å². The molecule has 1 N–H and O–H groups in total. The number of nitrogens with one attached hydrogen (secondary N) is 1. The molecule has 4 nitrogen and oxygen atoms in total. The summed E-state index contributed by atoms with van der Waals surface area (Å²) in [6, 6.07) is 6.73. The van der Waals surface area contributed by atoms with Crippen LogP contribution in [0.1, 0.15) is 45.4 Å². The quantitative estimate of drug-likeness (QED) is 0.740. The van der Waals surface area contributed by atoms with Crippen molar-refractivity contribution in [2.45, 2.75) is 57.7 Å². The summed E-state index contributed by atoms with van der Waals surface area (Å²) >= 11 is 0. The number of carbonyl (C=O) groups is 1. The zero-order valence-electron chi connectivity index (χ0n) is 17.0. The van der Waals surface area contributed by atoms with E-state index in [0.29, 0.717) is 0 Å². The third kappa shape index (κ3) is 9.02. The minimum absolute atomic E-state index is 0.0430. The van der Waals surface area contributed by atoms with Gasteiger partial charge in [0.15, 0.2) is 0 Å². The van der Waals surface area contributed by atoms with E-state index in [9.17, 15) is 22.4 Å². The fourth-order valence-corrected chi connectivity index (χ4v) is 3.68. The van der Waals surface area contributed by atoms with E-state index in [1.165, 1.54) is 12.1 Å². The zero-order chi connectivity index (χ0) is 21.3. The van der Waals surface area contributed by atoms with Crippen LogP contribution in [0.15, 0.2) is 24.3 Å². The topological polar surface area (TPSA) is 35.6 Å². The van der Waals surface area contributed by atoms with Crippen LogP contribution in [0.2, 0.25) is 0 Å². The molecule has 1 saturated heterocycles. The van der Waals surface area contributed by atoms with Crippen LogP contribution in [0.5, 0.6) is 0 Å². The Hall–Kier alpha value is -1.83. The molecule has 0 bridgehead atoms. The third-order valence-corrected chi connectivity index (χ3v) is 5.34. The van der Waals surface area contributed by atoms with E-state index in [4.69, 9.17) is 0 Å². The van der Waals surface area contributed by atoms with Gasteiger partial charge in [0.1, 0.15) is 12.2 Å². The highest BCUT2D eigenvalue weighted by atomic mass is 19.4. The number of rotatable bonds is 4. The molecule has 0 aromatic heterocycles. The first-order valence-corrected chi connectivity index (χ1v) is 10.4. The Balaban J connectivity index is 0.000000208. The molecular weight excluding hydrogens is 386 g/mol. The van der Waals surface area contributed by atoms with E-state index >= 15 is 0 Å². The minimum Gasteiger partial charge on any atom is -0.369 e. The number of alkyl halides is 3. The standard InChI is InChI=1S/C12H17FN2.C9H14F3NO/c1-2-14-7-9-15(10-8-14)12-5-3-11(13)4-6-12;10-9(11,12)6-8(14)13-7-4-2-1-3-5-7/h3-6H,2,7-10H2,1H3;7H,1-6H2,(H,13,14). The highest BCUT2D eigenvalue weighted by molar-refractivity contribution is 5.76. The van der Waals surface area contributed by atoms with E-state index in [2.05, 4.69) is 22.0 Å². The summed E-state index contributed by atoms with van der Waals surface area (Å²) in [4.78, 5) is 15.6. The van der Waals surface area contributed by atoms with Gasteiger partial charge in [0.25, 0.3) is 0 Å². The van der Waals surface area contributed by atoms with Crippen molar-refractivity contribution in [1.82, 2.24) is 10.2 Å². The predicted molar refractivity (Wildman–Crippen MR) is 106 cm³/mol. The molecule has 1 aliphatic heterocycles. The van der Waals surface area contributed by atoms with Gasteiger partial charge in [-0.05, 0) is 43.7 Å². The zero-order valence-corrected chi connectivity index (χ0v) is 17.0. The summed E-state index contributed by atoms with van der Waals surface area (Å²) < 4.78 is 48.1. The van der Waals surface area contributed by atoms with Gasteiger partial charge in [-0.15, -0.1) is 0 Å². The third-order valence-electron chi connectivity index (χ3n) is 5.34. The average Bonchev–Trinajstić information content (AvgIpc) is 2.68. The number of halogens is 4. The summed E-state index contributed by atoms with van der Waals surface area (Å²) in [5, 5.41) is 2.42. The maximum absolute atomic E-state index is 12.7. The van der Waals surface area contributed by atoms with Gasteiger partial charge in [0, 0.05) is 37.9 Å². The van der Waals surface area contributed by atoms with Crippen molar-refractivity contribution in [2.75, 3.05) is 37.6 Å². The Kier molecular flexibility index (Phi) is 9.20. The summed E-state index contributed by atoms with van der Waals surface area (Å²) in [6.07, 6.45) is -1.02. The van der Waals surface area contributed by atoms with E-state index in [0.717, 1.165) is 70.5 Å². The lowest BCUT2D eigenvalue weighted by atomic mass is 9.95. The second-order valence-electron chi connectivity index (χ2n) is 7.59. The average molecular weight is 417 g/mol. The van der Waals surface area contributed by atoms with Crippen LogP contribution in [0, 0.1) is 5.82 Å². The molecule has 2 fully saturated rings. The maximum Gasteiger partial charge on any atom is 0.397 e. The Morgan fingerprint density at radius 2 is 1.62 bits per heavy atom. The van der Waals surface area contributed by atoms with Crippen molar-refractivity contribution in [3.63, 3.8) is 0 Å². The van der Waals surface area contributed by atoms with Crippen molar-refractivity contribution in [1.29, 1.82) is 0 Å². The lowest BCUT2D eigenvalue weighted by molar-refractivity contribution is -0.154. The predicted octanol–water partition coefficient (Wildman–Crippen LogP) is 4.36. The van der Waals surface area contributed by atoms with Crippen LogP contribution >= 0.6 is 0 Å². The van der Waals surface area contributed by atoms with Crippen LogP contribution in [-0.4, -0.2) is 55.7 Å². The van der Waals surface area contributed by atoms with Gasteiger partial charge >= 0.3 is 6.18 Å². The number of hydrogen-bond donors (Lipinski definition) is 1. The highest BCUT2D eigenvalue weighted by Gasteiger charge is 2.32. The van der Waals surface area contributed by atoms with Crippen LogP contribution in [0.25, 0.3) is 0 Å². The number of amides is 1. The lowest BCUT2D eigenvalue weighted by Crippen LogP contribution is -2.46. The molecule has 3 rings (SSSR count). The van der Waals surface area contributed by atoms with Gasteiger partial charge in [-0.2, -0.15) is 13.2 Å². The molecule has 1 aliphatic carbocycles. The summed E-state index contributed by atoms with van der Waals surface area (Å²) in [6.45, 7) is 7.60. The molecular formula is C21H31F4N3O. The van der Waals surface area contributed by atoms with Gasteiger partial charge in [-0.3, -0.25) is 4.79 Å². The smallest absolute Gasteiger partial charge is 0.369 e. The van der Waals surface area contributed by atoms with E-state index in [1.54, 1.807) is 0 Å². The normalized spacial score (nSPS) is 18.7. The molecule has 1 aromatic carbocycles. The number of carbonyl (C=O) groups excluding carboxylic acids is 1. The van der Waals surface area contributed by atoms with Crippen LogP contribution in [-0.2, 0) is 4.79 Å². The molecule has 0 radical (unpaired) electrons. The monoisotopic (exact) mass is 417 g/mol. The maximum atomic E-state index is 12.7. The van der Waals surface area contributed by atoms with Crippen molar-refractivity contribution >= 4 is 11.6 Å². The number of piperazine rings is 1. The molecule has 1 amide bonds. The summed E-state index contributed by atoms with van der Waals surface area (Å²) in [7, 11) is 0. The molecule has 1 saturated carbocycles. The number of hydrogen-bond acceptors (Lipinski definition) is 3. The van der Waals surface area contributed by atoms with E-state index < -0.39 is 18.5 Å². The minimum atomic E-state index is -4.39. The first kappa shape index (κ1) is 23.4. The van der Waals surface area contributed by atoms with Gasteiger partial charge in [-0.25, -0.2) is 4.39 Å². The van der Waals surface area contributed by atoms with Crippen molar-refractivity contribution in [3.8, 4) is 0 Å². The number of anilines is 1. The van der Waals surface area contributed by atoms with Gasteiger partial charge in [-0.1, -0.05) is 26.2 Å². The first-order valence-electron chi connectivity index (χ1n) is 10.4. The lowest BCUT2D eigenvalue weighted by Gasteiger charge is -2.35. The SMILES string of the molecule is CCN1CCN(c2ccc(F)cc2)CC1.O=C(CC(F)(F)F)NC1CCCCC1. The van der Waals surface area contributed by atoms with Crippen LogP contribution in [0.3, 0.4) is 0 Å². The number of benzene rings is 1. The largest absolute Gasteiger partial charge is 0.397 e. The highest BCUT2D eigenvalue weighted by Crippen LogP contribution is 2.21. The molecule has 29 heavy (non-hydrogen) atoms. The van der Waals surface area contributed by atoms with Gasteiger partial charge in [0.2, 0.25) is 5.91 Å². The molecule has 0 atom stereocenters. The van der Waals surface area contributed by atoms with Gasteiger partial charge < -0.3 is 15.1 Å². The summed E-state index contributed by atoms with van der Waals surface area (Å²) in [5.74, 6) is -1.06. The van der Waals surface area contributed by atoms with Gasteiger partial charge in [0.05, 0.1) is 0 Å². The Morgan fingerprint density at radius 1 is 1.03 bits per heavy atom. The molecule has 1 aromatic rings. The van der Waals surface area contributed by atoms with Crippen molar-refractivity contribution < 1.29 is 22.4 Å².